The summed E-state index contributed by atoms with van der Waals surface area (Å²) in [6, 6.07) is 0. The molecule has 0 unspecified atom stereocenters. The third-order valence-corrected chi connectivity index (χ3v) is 4.82. The Hall–Kier alpha value is -0.490. The zero-order chi connectivity index (χ0) is 12.3. The summed E-state index contributed by atoms with van der Waals surface area (Å²) in [6.45, 7) is 6.97. The average molecular weight is 266 g/mol. The van der Waals surface area contributed by atoms with Gasteiger partial charge in [0.15, 0.2) is 0 Å². The lowest BCUT2D eigenvalue weighted by molar-refractivity contribution is 0.150. The van der Waals surface area contributed by atoms with Gasteiger partial charge in [-0.05, 0) is 39.0 Å². The molecule has 92 valence electrons. The molecule has 1 aromatic heterocycles. The lowest BCUT2D eigenvalue weighted by Crippen LogP contribution is -2.16. The Labute approximate surface area is 97.5 Å². The van der Waals surface area contributed by atoms with Gasteiger partial charge in [-0.2, -0.15) is 5.10 Å². The molecule has 0 saturated heterocycles. The van der Waals surface area contributed by atoms with E-state index in [4.69, 9.17) is 9.05 Å². The fourth-order valence-corrected chi connectivity index (χ4v) is 3.82. The van der Waals surface area contributed by atoms with Crippen molar-refractivity contribution < 1.29 is 13.6 Å². The summed E-state index contributed by atoms with van der Waals surface area (Å²) in [5.74, 6) is 0. The Morgan fingerprint density at radius 3 is 2.06 bits per heavy atom. The van der Waals surface area contributed by atoms with E-state index in [2.05, 4.69) is 10.2 Å². The molecule has 6 nitrogen and oxygen atoms in total. The molecule has 0 radical (unpaired) electrons. The highest BCUT2D eigenvalue weighted by molar-refractivity contribution is 7.68. The Morgan fingerprint density at radius 1 is 1.25 bits per heavy atom. The number of H-pyrrole nitrogens is 1. The smallest absolute Gasteiger partial charge is 0.301 e. The van der Waals surface area contributed by atoms with Crippen LogP contribution in [0.3, 0.4) is 0 Å². The molecule has 0 aromatic carbocycles. The predicted octanol–water partition coefficient (Wildman–Crippen LogP) is 1.50. The number of hydrogen-bond donors (Lipinski definition) is 1. The molecule has 0 spiro atoms. The molecule has 0 fully saturated rings. The Morgan fingerprint density at radius 2 is 1.75 bits per heavy atom. The average Bonchev–Trinajstić information content (AvgIpc) is 2.48. The van der Waals surface area contributed by atoms with E-state index in [0.717, 1.165) is 11.3 Å². The molecule has 1 heterocycles. The SMILES string of the molecule is CC(C)OP(=O)(OC(C)C)c1n[nH]c(=O)s1. The van der Waals surface area contributed by atoms with Crippen molar-refractivity contribution >= 4 is 23.7 Å². The van der Waals surface area contributed by atoms with E-state index < -0.39 is 7.60 Å². The second-order valence-corrected chi connectivity index (χ2v) is 6.81. The first kappa shape index (κ1) is 13.6. The van der Waals surface area contributed by atoms with Crippen LogP contribution >= 0.6 is 18.9 Å². The minimum Gasteiger partial charge on any atom is -0.301 e. The fraction of sp³-hybridized carbons (Fsp3) is 0.750. The summed E-state index contributed by atoms with van der Waals surface area (Å²) in [5, 5.41) is 5.86. The zero-order valence-corrected chi connectivity index (χ0v) is 11.3. The third-order valence-electron chi connectivity index (χ3n) is 1.36. The van der Waals surface area contributed by atoms with Gasteiger partial charge in [-0.1, -0.05) is 0 Å². The predicted molar refractivity (Wildman–Crippen MR) is 62.4 cm³/mol. The van der Waals surface area contributed by atoms with Gasteiger partial charge >= 0.3 is 12.5 Å². The summed E-state index contributed by atoms with van der Waals surface area (Å²) in [6.07, 6.45) is -0.549. The Bertz CT molecular complexity index is 425. The van der Waals surface area contributed by atoms with E-state index in [1.54, 1.807) is 27.7 Å². The molecule has 16 heavy (non-hydrogen) atoms. The second-order valence-electron chi connectivity index (χ2n) is 3.70. The van der Waals surface area contributed by atoms with Crippen molar-refractivity contribution in [1.29, 1.82) is 0 Å². The summed E-state index contributed by atoms with van der Waals surface area (Å²) >= 11 is 0.743. The molecule has 1 N–H and O–H groups in total. The molecular formula is C8H15N2O4PS. The highest BCUT2D eigenvalue weighted by Crippen LogP contribution is 2.49. The van der Waals surface area contributed by atoms with Crippen LogP contribution in [0.4, 0.5) is 0 Å². The number of nitrogens with one attached hydrogen (secondary N) is 1. The van der Waals surface area contributed by atoms with Crippen LogP contribution in [0.5, 0.6) is 0 Å². The van der Waals surface area contributed by atoms with Gasteiger partial charge in [-0.15, -0.1) is 0 Å². The lowest BCUT2D eigenvalue weighted by Gasteiger charge is -2.19. The lowest BCUT2D eigenvalue weighted by atomic mass is 10.5. The molecule has 0 aliphatic rings. The Balaban J connectivity index is 3.04. The molecule has 0 aliphatic carbocycles. The van der Waals surface area contributed by atoms with E-state index in [-0.39, 0.29) is 21.8 Å². The van der Waals surface area contributed by atoms with Crippen LogP contribution in [-0.4, -0.2) is 22.4 Å². The van der Waals surface area contributed by atoms with E-state index in [1.165, 1.54) is 0 Å². The van der Waals surface area contributed by atoms with Crippen LogP contribution in [0.15, 0.2) is 4.79 Å². The van der Waals surface area contributed by atoms with Gasteiger partial charge in [0.2, 0.25) is 4.75 Å². The highest BCUT2D eigenvalue weighted by Gasteiger charge is 2.34. The largest absolute Gasteiger partial charge is 0.392 e. The van der Waals surface area contributed by atoms with Crippen molar-refractivity contribution in [1.82, 2.24) is 10.2 Å². The number of rotatable bonds is 5. The maximum absolute atomic E-state index is 12.4. The van der Waals surface area contributed by atoms with Gasteiger partial charge in [-0.3, -0.25) is 9.36 Å². The summed E-state index contributed by atoms with van der Waals surface area (Å²) in [4.78, 5) is 10.6. The molecule has 0 atom stereocenters. The van der Waals surface area contributed by atoms with Crippen molar-refractivity contribution in [3.63, 3.8) is 0 Å². The first-order valence-corrected chi connectivity index (χ1v) is 7.22. The molecule has 8 heteroatoms. The van der Waals surface area contributed by atoms with Crippen molar-refractivity contribution in [3.05, 3.63) is 9.67 Å². The highest BCUT2D eigenvalue weighted by atomic mass is 32.1. The maximum atomic E-state index is 12.4. The molecular weight excluding hydrogens is 251 g/mol. The van der Waals surface area contributed by atoms with Crippen LogP contribution in [0.1, 0.15) is 27.7 Å². The van der Waals surface area contributed by atoms with E-state index in [9.17, 15) is 9.36 Å². The fourth-order valence-electron chi connectivity index (χ4n) is 1.01. The third kappa shape index (κ3) is 3.52. The molecule has 0 aliphatic heterocycles. The maximum Gasteiger partial charge on any atom is 0.392 e. The van der Waals surface area contributed by atoms with Crippen LogP contribution < -0.4 is 9.62 Å². The number of hydrogen-bond acceptors (Lipinski definition) is 6. The number of aromatic amines is 1. The monoisotopic (exact) mass is 266 g/mol. The molecule has 0 saturated carbocycles. The van der Waals surface area contributed by atoms with E-state index >= 15 is 0 Å². The normalized spacial score (nSPS) is 12.6. The van der Waals surface area contributed by atoms with Crippen LogP contribution in [0.2, 0.25) is 0 Å². The van der Waals surface area contributed by atoms with Crippen LogP contribution in [-0.2, 0) is 13.6 Å². The van der Waals surface area contributed by atoms with E-state index in [0.29, 0.717) is 0 Å². The minimum absolute atomic E-state index is 0.0694. The number of aromatic nitrogens is 2. The molecule has 0 bridgehead atoms. The second kappa shape index (κ2) is 5.23. The van der Waals surface area contributed by atoms with Crippen molar-refractivity contribution in [2.75, 3.05) is 0 Å². The number of nitrogens with zero attached hydrogens (tertiary/aromatic N) is 1. The Kier molecular flexibility index (Phi) is 4.43. The van der Waals surface area contributed by atoms with Crippen molar-refractivity contribution in [3.8, 4) is 0 Å². The van der Waals surface area contributed by atoms with Gasteiger partial charge in [0, 0.05) is 0 Å². The first-order valence-electron chi connectivity index (χ1n) is 4.86. The van der Waals surface area contributed by atoms with Gasteiger partial charge in [-0.25, -0.2) is 5.10 Å². The van der Waals surface area contributed by atoms with Gasteiger partial charge in [0.1, 0.15) is 0 Å². The molecule has 0 amide bonds. The molecule has 1 rings (SSSR count). The summed E-state index contributed by atoms with van der Waals surface area (Å²) < 4.78 is 23.0. The summed E-state index contributed by atoms with van der Waals surface area (Å²) in [7, 11) is -3.49. The van der Waals surface area contributed by atoms with Crippen LogP contribution in [0.25, 0.3) is 0 Å². The standard InChI is InChI=1S/C8H15N2O4PS/c1-5(2)13-15(12,14-6(3)4)8-10-9-7(11)16-8/h5-6H,1-4H3,(H,9,11). The van der Waals surface area contributed by atoms with Crippen molar-refractivity contribution in [2.24, 2.45) is 0 Å². The topological polar surface area (TPSA) is 81.3 Å². The quantitative estimate of drug-likeness (QED) is 0.817. The van der Waals surface area contributed by atoms with Gasteiger partial charge < -0.3 is 9.05 Å². The zero-order valence-electron chi connectivity index (χ0n) is 9.59. The van der Waals surface area contributed by atoms with E-state index in [1.807, 2.05) is 0 Å². The van der Waals surface area contributed by atoms with Gasteiger partial charge in [0.05, 0.1) is 12.2 Å². The molecule has 1 aromatic rings. The van der Waals surface area contributed by atoms with Crippen LogP contribution in [0, 0.1) is 0 Å². The summed E-state index contributed by atoms with van der Waals surface area (Å²) in [5.41, 5.74) is 0. The van der Waals surface area contributed by atoms with Gasteiger partial charge in [0.25, 0.3) is 0 Å². The first-order chi connectivity index (χ1) is 7.33. The van der Waals surface area contributed by atoms with Crippen molar-refractivity contribution in [2.45, 2.75) is 39.9 Å². The minimum atomic E-state index is -3.49.